The number of rotatable bonds is 4. The number of carbonyl (C=O) groups is 2. The topological polar surface area (TPSA) is 67.2 Å². The minimum Gasteiger partial charge on any atom is -0.353 e. The molecular formula is C20H23ClN4O2. The molecule has 1 saturated heterocycles. The molecule has 2 aromatic rings. The number of benzene rings is 1. The van der Waals surface area contributed by atoms with Gasteiger partial charge in [0.2, 0.25) is 11.8 Å². The van der Waals surface area contributed by atoms with Crippen LogP contribution in [0.1, 0.15) is 29.4 Å². The highest BCUT2D eigenvalue weighted by atomic mass is 35.5. The summed E-state index contributed by atoms with van der Waals surface area (Å²) in [7, 11) is 0. The van der Waals surface area contributed by atoms with Crippen molar-refractivity contribution in [3.05, 3.63) is 57.9 Å². The van der Waals surface area contributed by atoms with Gasteiger partial charge in [0, 0.05) is 35.4 Å². The molecule has 0 radical (unpaired) electrons. The third-order valence-electron chi connectivity index (χ3n) is 4.89. The maximum Gasteiger partial charge on any atom is 0.247 e. The largest absolute Gasteiger partial charge is 0.353 e. The van der Waals surface area contributed by atoms with Crippen molar-refractivity contribution in [3.63, 3.8) is 0 Å². The third-order valence-corrected chi connectivity index (χ3v) is 5.26. The lowest BCUT2D eigenvalue weighted by molar-refractivity contribution is -0.139. The second kappa shape index (κ2) is 7.96. The molecule has 2 amide bonds. The Labute approximate surface area is 163 Å². The van der Waals surface area contributed by atoms with Crippen molar-refractivity contribution in [2.45, 2.75) is 33.4 Å². The molecule has 1 aromatic carbocycles. The summed E-state index contributed by atoms with van der Waals surface area (Å²) in [6.07, 6.45) is 3.30. The lowest BCUT2D eigenvalue weighted by Gasteiger charge is -2.31. The molecule has 1 aromatic heterocycles. The van der Waals surface area contributed by atoms with E-state index in [1.54, 1.807) is 17.9 Å². The first-order chi connectivity index (χ1) is 12.9. The van der Waals surface area contributed by atoms with Gasteiger partial charge in [-0.2, -0.15) is 5.10 Å². The second-order valence-corrected chi connectivity index (χ2v) is 7.07. The van der Waals surface area contributed by atoms with Crippen molar-refractivity contribution in [1.29, 1.82) is 0 Å². The smallest absolute Gasteiger partial charge is 0.247 e. The number of hydrogen-bond acceptors (Lipinski definition) is 3. The van der Waals surface area contributed by atoms with Gasteiger partial charge in [0.05, 0.1) is 12.2 Å². The Kier molecular flexibility index (Phi) is 5.65. The van der Waals surface area contributed by atoms with E-state index in [-0.39, 0.29) is 11.8 Å². The molecule has 1 fully saturated rings. The highest BCUT2D eigenvalue weighted by molar-refractivity contribution is 6.31. The molecule has 2 heterocycles. The molecule has 142 valence electrons. The first kappa shape index (κ1) is 19.2. The summed E-state index contributed by atoms with van der Waals surface area (Å²) in [6.45, 7) is 7.18. The molecule has 6 nitrogen and oxygen atoms in total. The standard InChI is InChI=1S/C20H23ClN4O2/c1-13-17(8-9-19(26)24-11-10-22-20(27)15(24)3)14(2)25(23-13)12-16-6-4-5-7-18(16)21/h4-9,15H,10-12H2,1-3H3,(H,22,27). The highest BCUT2D eigenvalue weighted by Gasteiger charge is 2.27. The monoisotopic (exact) mass is 386 g/mol. The van der Waals surface area contributed by atoms with E-state index >= 15 is 0 Å². The van der Waals surface area contributed by atoms with Crippen LogP contribution in [0, 0.1) is 13.8 Å². The maximum atomic E-state index is 12.5. The average molecular weight is 387 g/mol. The molecule has 1 unspecified atom stereocenters. The van der Waals surface area contributed by atoms with Crippen molar-refractivity contribution in [2.24, 2.45) is 0 Å². The van der Waals surface area contributed by atoms with Gasteiger partial charge in [-0.25, -0.2) is 0 Å². The quantitative estimate of drug-likeness (QED) is 0.821. The average Bonchev–Trinajstić information content (AvgIpc) is 2.90. The van der Waals surface area contributed by atoms with Gasteiger partial charge in [-0.3, -0.25) is 14.3 Å². The number of carbonyl (C=O) groups excluding carboxylic acids is 2. The molecule has 1 atom stereocenters. The third kappa shape index (κ3) is 4.06. The van der Waals surface area contributed by atoms with Crippen LogP contribution in [0.4, 0.5) is 0 Å². The molecule has 3 rings (SSSR count). The number of piperazine rings is 1. The number of aryl methyl sites for hydroxylation is 1. The van der Waals surface area contributed by atoms with E-state index in [0.29, 0.717) is 24.7 Å². The first-order valence-electron chi connectivity index (χ1n) is 8.92. The number of aromatic nitrogens is 2. The van der Waals surface area contributed by atoms with E-state index < -0.39 is 6.04 Å². The SMILES string of the molecule is Cc1nn(Cc2ccccc2Cl)c(C)c1C=CC(=O)N1CCNC(=O)C1C. The number of hydrogen-bond donors (Lipinski definition) is 1. The summed E-state index contributed by atoms with van der Waals surface area (Å²) in [4.78, 5) is 25.8. The molecule has 27 heavy (non-hydrogen) atoms. The Morgan fingerprint density at radius 2 is 2.11 bits per heavy atom. The van der Waals surface area contributed by atoms with Crippen LogP contribution in [-0.4, -0.2) is 45.6 Å². The summed E-state index contributed by atoms with van der Waals surface area (Å²) in [5.74, 6) is -0.294. The van der Waals surface area contributed by atoms with E-state index in [2.05, 4.69) is 10.4 Å². The van der Waals surface area contributed by atoms with Gasteiger partial charge in [-0.15, -0.1) is 0 Å². The predicted octanol–water partition coefficient (Wildman–Crippen LogP) is 2.56. The predicted molar refractivity (Wildman–Crippen MR) is 105 cm³/mol. The first-order valence-corrected chi connectivity index (χ1v) is 9.30. The Balaban J connectivity index is 1.78. The molecule has 0 aliphatic carbocycles. The van der Waals surface area contributed by atoms with Gasteiger partial charge in [0.25, 0.3) is 0 Å². The molecule has 1 aliphatic heterocycles. The molecule has 0 saturated carbocycles. The van der Waals surface area contributed by atoms with E-state index in [4.69, 9.17) is 11.6 Å². The van der Waals surface area contributed by atoms with Gasteiger partial charge in [0.1, 0.15) is 6.04 Å². The summed E-state index contributed by atoms with van der Waals surface area (Å²) in [5.41, 5.74) is 3.70. The van der Waals surface area contributed by atoms with Crippen LogP contribution in [0.3, 0.4) is 0 Å². The van der Waals surface area contributed by atoms with E-state index in [1.165, 1.54) is 6.08 Å². The fraction of sp³-hybridized carbons (Fsp3) is 0.350. The van der Waals surface area contributed by atoms with Crippen LogP contribution in [0.2, 0.25) is 5.02 Å². The van der Waals surface area contributed by atoms with Crippen LogP contribution in [-0.2, 0) is 16.1 Å². The van der Waals surface area contributed by atoms with E-state index in [0.717, 1.165) is 22.5 Å². The fourth-order valence-corrected chi connectivity index (χ4v) is 3.42. The van der Waals surface area contributed by atoms with Crippen LogP contribution < -0.4 is 5.32 Å². The summed E-state index contributed by atoms with van der Waals surface area (Å²) in [5, 5.41) is 8.04. The van der Waals surface area contributed by atoms with E-state index in [1.807, 2.05) is 42.8 Å². The second-order valence-electron chi connectivity index (χ2n) is 6.67. The van der Waals surface area contributed by atoms with Gasteiger partial charge >= 0.3 is 0 Å². The number of halogens is 1. The van der Waals surface area contributed by atoms with Gasteiger partial charge < -0.3 is 10.2 Å². The Bertz CT molecular complexity index is 903. The number of nitrogens with zero attached hydrogens (tertiary/aromatic N) is 3. The molecule has 1 N–H and O–H groups in total. The number of nitrogens with one attached hydrogen (secondary N) is 1. The number of amides is 2. The zero-order chi connectivity index (χ0) is 19.6. The van der Waals surface area contributed by atoms with Crippen molar-refractivity contribution >= 4 is 29.5 Å². The molecule has 1 aliphatic rings. The maximum absolute atomic E-state index is 12.5. The summed E-state index contributed by atoms with van der Waals surface area (Å²) < 4.78 is 1.89. The highest BCUT2D eigenvalue weighted by Crippen LogP contribution is 2.20. The minimum absolute atomic E-state index is 0.122. The van der Waals surface area contributed by atoms with Crippen LogP contribution in [0.15, 0.2) is 30.3 Å². The zero-order valence-electron chi connectivity index (χ0n) is 15.7. The molecule has 0 bridgehead atoms. The van der Waals surface area contributed by atoms with Crippen LogP contribution >= 0.6 is 11.6 Å². The fourth-order valence-electron chi connectivity index (χ4n) is 3.23. The zero-order valence-corrected chi connectivity index (χ0v) is 16.5. The molecule has 7 heteroatoms. The normalized spacial score (nSPS) is 17.4. The van der Waals surface area contributed by atoms with Gasteiger partial charge in [-0.1, -0.05) is 29.8 Å². The van der Waals surface area contributed by atoms with Crippen LogP contribution in [0.25, 0.3) is 6.08 Å². The molecular weight excluding hydrogens is 364 g/mol. The van der Waals surface area contributed by atoms with Gasteiger partial charge in [-0.05, 0) is 38.5 Å². The van der Waals surface area contributed by atoms with Crippen molar-refractivity contribution < 1.29 is 9.59 Å². The summed E-state index contributed by atoms with van der Waals surface area (Å²) in [6, 6.07) is 7.22. The van der Waals surface area contributed by atoms with Crippen molar-refractivity contribution in [3.8, 4) is 0 Å². The lowest BCUT2D eigenvalue weighted by Crippen LogP contribution is -2.55. The van der Waals surface area contributed by atoms with E-state index in [9.17, 15) is 9.59 Å². The lowest BCUT2D eigenvalue weighted by atomic mass is 10.1. The minimum atomic E-state index is -0.457. The Morgan fingerprint density at radius 3 is 2.85 bits per heavy atom. The van der Waals surface area contributed by atoms with Crippen molar-refractivity contribution in [2.75, 3.05) is 13.1 Å². The summed E-state index contributed by atoms with van der Waals surface area (Å²) >= 11 is 6.25. The Morgan fingerprint density at radius 1 is 1.37 bits per heavy atom. The van der Waals surface area contributed by atoms with Gasteiger partial charge in [0.15, 0.2) is 0 Å². The molecule has 0 spiro atoms. The van der Waals surface area contributed by atoms with Crippen LogP contribution in [0.5, 0.6) is 0 Å². The van der Waals surface area contributed by atoms with Crippen molar-refractivity contribution in [1.82, 2.24) is 20.0 Å². The Hall–Kier alpha value is -2.60.